The van der Waals surface area contributed by atoms with Crippen LogP contribution in [0, 0.1) is 0 Å². The van der Waals surface area contributed by atoms with Gasteiger partial charge in [0.25, 0.3) is 5.91 Å². The molecule has 2 N–H and O–H groups in total. The largest absolute Gasteiger partial charge is 0.484 e. The van der Waals surface area contributed by atoms with Gasteiger partial charge in [-0.2, -0.15) is 0 Å². The molecule has 1 aromatic heterocycles. The monoisotopic (exact) mass is 428 g/mol. The van der Waals surface area contributed by atoms with E-state index in [1.165, 1.54) is 4.90 Å². The topological polar surface area (TPSA) is 126 Å². The molecular formula is C22H24N2O7. The van der Waals surface area contributed by atoms with Crippen LogP contribution in [0.1, 0.15) is 36.8 Å². The Morgan fingerprint density at radius 3 is 2.71 bits per heavy atom. The van der Waals surface area contributed by atoms with E-state index in [-0.39, 0.29) is 18.8 Å². The molecule has 0 bridgehead atoms. The van der Waals surface area contributed by atoms with Gasteiger partial charge in [0.05, 0.1) is 6.54 Å². The van der Waals surface area contributed by atoms with E-state index in [0.29, 0.717) is 30.7 Å². The third-order valence-corrected chi connectivity index (χ3v) is 5.86. The molecule has 9 nitrogen and oxygen atoms in total. The fourth-order valence-electron chi connectivity index (χ4n) is 4.31. The number of hydrogen-bond acceptors (Lipinski definition) is 6. The predicted molar refractivity (Wildman–Crippen MR) is 110 cm³/mol. The van der Waals surface area contributed by atoms with Crippen LogP contribution >= 0.6 is 0 Å². The number of fused-ring (bicyclic) bond motifs is 3. The molecule has 1 saturated heterocycles. The van der Waals surface area contributed by atoms with Gasteiger partial charge in [-0.15, -0.1) is 0 Å². The number of nitrogens with zero attached hydrogens (tertiary/aromatic N) is 1. The number of aryl methyl sites for hydroxylation is 1. The van der Waals surface area contributed by atoms with Gasteiger partial charge in [0.2, 0.25) is 5.91 Å². The van der Waals surface area contributed by atoms with Crippen molar-refractivity contribution in [3.05, 3.63) is 39.7 Å². The minimum Gasteiger partial charge on any atom is -0.484 e. The molecule has 1 aromatic carbocycles. The number of carbonyl (C=O) groups excluding carboxylic acids is 2. The lowest BCUT2D eigenvalue weighted by Crippen LogP contribution is -2.46. The number of carboxylic acid groups (broad SMARTS) is 1. The third kappa shape index (κ3) is 4.40. The Morgan fingerprint density at radius 1 is 1.16 bits per heavy atom. The number of ether oxygens (including phenoxy) is 1. The second kappa shape index (κ2) is 8.79. The van der Waals surface area contributed by atoms with Crippen LogP contribution in [0.2, 0.25) is 0 Å². The van der Waals surface area contributed by atoms with Crippen molar-refractivity contribution in [2.24, 2.45) is 0 Å². The zero-order chi connectivity index (χ0) is 22.0. The Hall–Kier alpha value is -3.36. The Labute approximate surface area is 178 Å². The summed E-state index contributed by atoms with van der Waals surface area (Å²) in [5.74, 6) is -1.61. The molecule has 4 rings (SSSR count). The second-order valence-corrected chi connectivity index (χ2v) is 7.86. The zero-order valence-electron chi connectivity index (χ0n) is 17.0. The first kappa shape index (κ1) is 20.9. The van der Waals surface area contributed by atoms with E-state index in [9.17, 15) is 19.2 Å². The van der Waals surface area contributed by atoms with E-state index in [2.05, 4.69) is 5.32 Å². The van der Waals surface area contributed by atoms with Crippen LogP contribution in [0.15, 0.2) is 27.4 Å². The number of likely N-dealkylation sites (tertiary alicyclic amines) is 1. The van der Waals surface area contributed by atoms with Gasteiger partial charge in [-0.05, 0) is 56.2 Å². The number of rotatable bonds is 6. The molecule has 31 heavy (non-hydrogen) atoms. The van der Waals surface area contributed by atoms with Crippen LogP contribution < -0.4 is 15.7 Å². The van der Waals surface area contributed by atoms with E-state index in [1.807, 2.05) is 6.07 Å². The quantitative estimate of drug-likeness (QED) is 0.663. The molecule has 2 heterocycles. The Bertz CT molecular complexity index is 1090. The molecule has 0 spiro atoms. The summed E-state index contributed by atoms with van der Waals surface area (Å²) in [5.41, 5.74) is 1.88. The summed E-state index contributed by atoms with van der Waals surface area (Å²) in [5, 5.41) is 12.5. The van der Waals surface area contributed by atoms with Gasteiger partial charge in [0, 0.05) is 23.6 Å². The highest BCUT2D eigenvalue weighted by atomic mass is 16.5. The maximum atomic E-state index is 12.2. The predicted octanol–water partition coefficient (Wildman–Crippen LogP) is 1.24. The molecule has 2 aliphatic rings. The summed E-state index contributed by atoms with van der Waals surface area (Å²) >= 11 is 0. The fraction of sp³-hybridized carbons (Fsp3) is 0.455. The summed E-state index contributed by atoms with van der Waals surface area (Å²) in [6.45, 7) is -0.241. The van der Waals surface area contributed by atoms with Crippen molar-refractivity contribution in [1.82, 2.24) is 10.2 Å². The number of aliphatic carboxylic acids is 1. The molecule has 1 aliphatic carbocycles. The van der Waals surface area contributed by atoms with Crippen LogP contribution in [0.5, 0.6) is 5.75 Å². The standard InChI is InChI=1S/C22H24N2O7/c25-19(23-11-20(26)24-9-3-6-17(24)21(27)28)12-30-13-7-8-15-14-4-1-2-5-16(14)22(29)31-18(15)10-13/h7-8,10,17H,1-6,9,11-12H2,(H,23,25)(H,27,28)/t17-/m0/s1. The van der Waals surface area contributed by atoms with E-state index in [4.69, 9.17) is 14.3 Å². The lowest BCUT2D eigenvalue weighted by atomic mass is 9.91. The summed E-state index contributed by atoms with van der Waals surface area (Å²) < 4.78 is 10.9. The molecule has 0 radical (unpaired) electrons. The average molecular weight is 428 g/mol. The Morgan fingerprint density at radius 2 is 1.94 bits per heavy atom. The first-order valence-corrected chi connectivity index (χ1v) is 10.4. The smallest absolute Gasteiger partial charge is 0.339 e. The lowest BCUT2D eigenvalue weighted by Gasteiger charge is -2.21. The number of carboxylic acids is 1. The SMILES string of the molecule is O=C(COc1ccc2c3c(c(=O)oc2c1)CCCC3)NCC(=O)N1CCC[C@H]1C(=O)O. The summed E-state index contributed by atoms with van der Waals surface area (Å²) in [7, 11) is 0. The molecule has 1 fully saturated rings. The van der Waals surface area contributed by atoms with E-state index in [1.54, 1.807) is 12.1 Å². The van der Waals surface area contributed by atoms with Crippen LogP contribution in [0.4, 0.5) is 0 Å². The van der Waals surface area contributed by atoms with Crippen LogP contribution in [0.3, 0.4) is 0 Å². The van der Waals surface area contributed by atoms with Crippen molar-refractivity contribution in [3.63, 3.8) is 0 Å². The summed E-state index contributed by atoms with van der Waals surface area (Å²) in [6.07, 6.45) is 4.63. The molecule has 9 heteroatoms. The molecule has 1 aliphatic heterocycles. The number of benzene rings is 1. The molecule has 164 valence electrons. The molecular weight excluding hydrogens is 404 g/mol. The molecule has 2 amide bonds. The van der Waals surface area contributed by atoms with Crippen molar-refractivity contribution in [2.75, 3.05) is 19.7 Å². The van der Waals surface area contributed by atoms with Crippen molar-refractivity contribution < 1.29 is 28.6 Å². The van der Waals surface area contributed by atoms with Crippen molar-refractivity contribution in [2.45, 2.75) is 44.6 Å². The minimum absolute atomic E-state index is 0.287. The second-order valence-electron chi connectivity index (χ2n) is 7.86. The highest BCUT2D eigenvalue weighted by Gasteiger charge is 2.33. The fourth-order valence-corrected chi connectivity index (χ4v) is 4.31. The van der Waals surface area contributed by atoms with Gasteiger partial charge in [-0.1, -0.05) is 0 Å². The van der Waals surface area contributed by atoms with Gasteiger partial charge < -0.3 is 24.5 Å². The van der Waals surface area contributed by atoms with E-state index >= 15 is 0 Å². The normalized spacial score (nSPS) is 17.9. The van der Waals surface area contributed by atoms with Gasteiger partial charge in [-0.3, -0.25) is 9.59 Å². The zero-order valence-corrected chi connectivity index (χ0v) is 17.0. The number of nitrogens with one attached hydrogen (secondary N) is 1. The van der Waals surface area contributed by atoms with Gasteiger partial charge >= 0.3 is 11.6 Å². The van der Waals surface area contributed by atoms with Crippen molar-refractivity contribution in [3.8, 4) is 5.75 Å². The third-order valence-electron chi connectivity index (χ3n) is 5.86. The molecule has 0 saturated carbocycles. The number of hydrogen-bond donors (Lipinski definition) is 2. The summed E-state index contributed by atoms with van der Waals surface area (Å²) in [4.78, 5) is 48.9. The summed E-state index contributed by atoms with van der Waals surface area (Å²) in [6, 6.07) is 4.31. The van der Waals surface area contributed by atoms with Crippen LogP contribution in [-0.4, -0.2) is 53.5 Å². The van der Waals surface area contributed by atoms with Crippen LogP contribution in [-0.2, 0) is 27.2 Å². The molecule has 0 unspecified atom stereocenters. The first-order valence-electron chi connectivity index (χ1n) is 10.4. The highest BCUT2D eigenvalue weighted by Crippen LogP contribution is 2.29. The van der Waals surface area contributed by atoms with Crippen molar-refractivity contribution in [1.29, 1.82) is 0 Å². The van der Waals surface area contributed by atoms with Gasteiger partial charge in [0.15, 0.2) is 6.61 Å². The first-order chi connectivity index (χ1) is 14.9. The van der Waals surface area contributed by atoms with Crippen LogP contribution in [0.25, 0.3) is 11.0 Å². The highest BCUT2D eigenvalue weighted by molar-refractivity contribution is 5.89. The van der Waals surface area contributed by atoms with Gasteiger partial charge in [-0.25, -0.2) is 9.59 Å². The van der Waals surface area contributed by atoms with Gasteiger partial charge in [0.1, 0.15) is 17.4 Å². The number of carbonyl (C=O) groups is 3. The maximum absolute atomic E-state index is 12.2. The molecule has 2 aromatic rings. The van der Waals surface area contributed by atoms with E-state index in [0.717, 1.165) is 42.2 Å². The minimum atomic E-state index is -1.04. The lowest BCUT2D eigenvalue weighted by molar-refractivity contribution is -0.148. The van der Waals surface area contributed by atoms with Crippen molar-refractivity contribution >= 4 is 28.8 Å². The average Bonchev–Trinajstić information content (AvgIpc) is 3.26. The number of amides is 2. The Balaban J connectivity index is 1.34. The van der Waals surface area contributed by atoms with E-state index < -0.39 is 23.8 Å². The molecule has 1 atom stereocenters. The Kier molecular flexibility index (Phi) is 5.92. The maximum Gasteiger partial charge on any atom is 0.339 e.